The van der Waals surface area contributed by atoms with E-state index in [0.29, 0.717) is 16.5 Å². The molecular formula is C18H24Cl2O5. The maximum absolute atomic E-state index is 11.0. The van der Waals surface area contributed by atoms with E-state index in [1.165, 1.54) is 0 Å². The Morgan fingerprint density at radius 1 is 0.960 bits per heavy atom. The molecule has 5 nitrogen and oxygen atoms in total. The van der Waals surface area contributed by atoms with Gasteiger partial charge in [-0.15, -0.1) is 0 Å². The smallest absolute Gasteiger partial charge is 0.336 e. The van der Waals surface area contributed by atoms with Gasteiger partial charge in [0, 0.05) is 10.0 Å². The topological polar surface area (TPSA) is 94.8 Å². The van der Waals surface area contributed by atoms with Gasteiger partial charge in [-0.05, 0) is 43.4 Å². The van der Waals surface area contributed by atoms with Crippen molar-refractivity contribution in [1.82, 2.24) is 0 Å². The minimum atomic E-state index is -2.17. The number of aliphatic hydroxyl groups is 1. The van der Waals surface area contributed by atoms with Crippen molar-refractivity contribution < 1.29 is 24.9 Å². The summed E-state index contributed by atoms with van der Waals surface area (Å²) in [6.45, 7) is 0. The number of hydrogen-bond acceptors (Lipinski definition) is 3. The summed E-state index contributed by atoms with van der Waals surface area (Å²) in [6.07, 6.45) is 5.24. The molecule has 1 aromatic carbocycles. The number of carboxylic acids is 2. The molecule has 0 amide bonds. The molecule has 1 aromatic rings. The molecular weight excluding hydrogens is 367 g/mol. The van der Waals surface area contributed by atoms with Crippen molar-refractivity contribution in [2.24, 2.45) is 0 Å². The van der Waals surface area contributed by atoms with Crippen LogP contribution in [0.25, 0.3) is 0 Å². The third kappa shape index (κ3) is 8.08. The van der Waals surface area contributed by atoms with E-state index in [1.807, 2.05) is 12.1 Å². The molecule has 0 aromatic heterocycles. The van der Waals surface area contributed by atoms with Crippen LogP contribution >= 0.6 is 23.2 Å². The second-order valence-electron chi connectivity index (χ2n) is 6.26. The molecule has 0 heterocycles. The zero-order valence-electron chi connectivity index (χ0n) is 14.0. The summed E-state index contributed by atoms with van der Waals surface area (Å²) in [7, 11) is 0. The normalized spacial score (nSPS) is 13.4. The van der Waals surface area contributed by atoms with Crippen LogP contribution in [0, 0.1) is 0 Å². The average Bonchev–Trinajstić information content (AvgIpc) is 2.50. The lowest BCUT2D eigenvalue weighted by atomic mass is 9.92. The van der Waals surface area contributed by atoms with Crippen molar-refractivity contribution in [2.75, 3.05) is 0 Å². The van der Waals surface area contributed by atoms with Crippen LogP contribution in [0.15, 0.2) is 18.2 Å². The van der Waals surface area contributed by atoms with Gasteiger partial charge in [0.15, 0.2) is 5.60 Å². The lowest BCUT2D eigenvalue weighted by molar-refractivity contribution is -0.166. The zero-order valence-corrected chi connectivity index (χ0v) is 15.5. The first-order valence-electron chi connectivity index (χ1n) is 8.36. The molecule has 1 rings (SSSR count). The van der Waals surface area contributed by atoms with Crippen molar-refractivity contribution in [3.8, 4) is 0 Å². The highest BCUT2D eigenvalue weighted by Crippen LogP contribution is 2.23. The van der Waals surface area contributed by atoms with Crippen molar-refractivity contribution in [3.63, 3.8) is 0 Å². The van der Waals surface area contributed by atoms with Gasteiger partial charge in [0.2, 0.25) is 0 Å². The summed E-state index contributed by atoms with van der Waals surface area (Å²) in [5, 5.41) is 28.8. The summed E-state index contributed by atoms with van der Waals surface area (Å²) in [5.41, 5.74) is -1.09. The van der Waals surface area contributed by atoms with Crippen LogP contribution in [0.4, 0.5) is 0 Å². The molecule has 0 saturated carbocycles. The monoisotopic (exact) mass is 390 g/mol. The highest BCUT2D eigenvalue weighted by Gasteiger charge is 2.37. The highest BCUT2D eigenvalue weighted by atomic mass is 35.5. The second kappa shape index (κ2) is 10.6. The average molecular weight is 391 g/mol. The van der Waals surface area contributed by atoms with Gasteiger partial charge in [-0.25, -0.2) is 4.79 Å². The number of unbranched alkanes of at least 4 members (excludes halogenated alkanes) is 5. The molecule has 0 saturated heterocycles. The summed E-state index contributed by atoms with van der Waals surface area (Å²) < 4.78 is 0. The number of aryl methyl sites for hydroxylation is 1. The first-order valence-corrected chi connectivity index (χ1v) is 9.12. The minimum Gasteiger partial charge on any atom is -0.481 e. The van der Waals surface area contributed by atoms with Crippen molar-refractivity contribution in [1.29, 1.82) is 0 Å². The molecule has 0 aliphatic carbocycles. The molecule has 3 N–H and O–H groups in total. The van der Waals surface area contributed by atoms with E-state index in [-0.39, 0.29) is 6.42 Å². The molecule has 1 atom stereocenters. The Balaban J connectivity index is 2.17. The van der Waals surface area contributed by atoms with Gasteiger partial charge in [0.1, 0.15) is 0 Å². The van der Waals surface area contributed by atoms with Crippen molar-refractivity contribution >= 4 is 35.1 Å². The lowest BCUT2D eigenvalue weighted by Crippen LogP contribution is -2.40. The number of rotatable bonds is 12. The standard InChI is InChI=1S/C18H24Cl2O5/c19-14-9-8-13(15(20)11-14)7-5-3-1-2-4-6-10-18(25,17(23)24)12-16(21)22/h8-9,11,25H,1-7,10,12H2,(H,21,22)(H,23,24)/t18-/m0/s1. The molecule has 0 bridgehead atoms. The van der Waals surface area contributed by atoms with Crippen LogP contribution < -0.4 is 0 Å². The van der Waals surface area contributed by atoms with Gasteiger partial charge in [-0.3, -0.25) is 4.79 Å². The van der Waals surface area contributed by atoms with Crippen molar-refractivity contribution in [3.05, 3.63) is 33.8 Å². The molecule has 0 unspecified atom stereocenters. The van der Waals surface area contributed by atoms with Crippen LogP contribution in [0.1, 0.15) is 56.9 Å². The largest absolute Gasteiger partial charge is 0.481 e. The Bertz CT molecular complexity index is 591. The molecule has 0 aliphatic heterocycles. The van der Waals surface area contributed by atoms with Gasteiger partial charge in [0.25, 0.3) is 0 Å². The fourth-order valence-electron chi connectivity index (χ4n) is 2.69. The molecule has 140 valence electrons. The Kier molecular flexibility index (Phi) is 9.25. The van der Waals surface area contributed by atoms with Crippen LogP contribution in [0.2, 0.25) is 10.0 Å². The van der Waals surface area contributed by atoms with Crippen LogP contribution in [0.5, 0.6) is 0 Å². The van der Waals surface area contributed by atoms with E-state index in [0.717, 1.165) is 44.1 Å². The first-order chi connectivity index (χ1) is 11.7. The van der Waals surface area contributed by atoms with E-state index in [4.69, 9.17) is 33.4 Å². The molecule has 7 heteroatoms. The molecule has 0 aliphatic rings. The fourth-order valence-corrected chi connectivity index (χ4v) is 3.19. The zero-order chi connectivity index (χ0) is 18.9. The van der Waals surface area contributed by atoms with E-state index >= 15 is 0 Å². The van der Waals surface area contributed by atoms with E-state index in [2.05, 4.69) is 0 Å². The second-order valence-corrected chi connectivity index (χ2v) is 7.11. The molecule has 25 heavy (non-hydrogen) atoms. The third-order valence-electron chi connectivity index (χ3n) is 4.14. The summed E-state index contributed by atoms with van der Waals surface area (Å²) in [4.78, 5) is 21.7. The Hall–Kier alpha value is -1.30. The predicted molar refractivity (Wildman–Crippen MR) is 97.3 cm³/mol. The van der Waals surface area contributed by atoms with Crippen LogP contribution in [-0.2, 0) is 16.0 Å². The Morgan fingerprint density at radius 3 is 2.12 bits per heavy atom. The predicted octanol–water partition coefficient (Wildman–Crippen LogP) is 4.56. The van der Waals surface area contributed by atoms with Crippen LogP contribution in [-0.4, -0.2) is 32.9 Å². The fraction of sp³-hybridized carbons (Fsp3) is 0.556. The number of halogens is 2. The highest BCUT2D eigenvalue weighted by molar-refractivity contribution is 6.35. The molecule has 0 spiro atoms. The Morgan fingerprint density at radius 2 is 1.56 bits per heavy atom. The number of hydrogen-bond donors (Lipinski definition) is 3. The molecule has 0 radical (unpaired) electrons. The summed E-state index contributed by atoms with van der Waals surface area (Å²) >= 11 is 12.0. The number of carbonyl (C=O) groups is 2. The van der Waals surface area contributed by atoms with Gasteiger partial charge in [-0.1, -0.05) is 55.0 Å². The maximum Gasteiger partial charge on any atom is 0.336 e. The quantitative estimate of drug-likeness (QED) is 0.454. The van der Waals surface area contributed by atoms with Gasteiger partial charge < -0.3 is 15.3 Å². The third-order valence-corrected chi connectivity index (χ3v) is 4.73. The van der Waals surface area contributed by atoms with Gasteiger partial charge in [-0.2, -0.15) is 0 Å². The number of aliphatic carboxylic acids is 2. The van der Waals surface area contributed by atoms with Crippen LogP contribution in [0.3, 0.4) is 0 Å². The SMILES string of the molecule is O=C(O)C[C@@](O)(CCCCCCCCc1ccc(Cl)cc1Cl)C(=O)O. The summed E-state index contributed by atoms with van der Waals surface area (Å²) in [5.74, 6) is -2.79. The van der Waals surface area contributed by atoms with Gasteiger partial charge >= 0.3 is 11.9 Å². The number of benzene rings is 1. The number of carboxylic acid groups (broad SMARTS) is 2. The van der Waals surface area contributed by atoms with E-state index < -0.39 is 24.0 Å². The summed E-state index contributed by atoms with van der Waals surface area (Å²) in [6, 6.07) is 5.49. The van der Waals surface area contributed by atoms with Crippen molar-refractivity contribution in [2.45, 2.75) is 63.4 Å². The first kappa shape index (κ1) is 21.7. The Labute approximate surface area is 157 Å². The van der Waals surface area contributed by atoms with E-state index in [1.54, 1.807) is 6.07 Å². The lowest BCUT2D eigenvalue weighted by Gasteiger charge is -2.21. The van der Waals surface area contributed by atoms with E-state index in [9.17, 15) is 14.7 Å². The maximum atomic E-state index is 11.0. The minimum absolute atomic E-state index is 0.0466. The molecule has 0 fully saturated rings. The van der Waals surface area contributed by atoms with Gasteiger partial charge in [0.05, 0.1) is 6.42 Å².